The van der Waals surface area contributed by atoms with E-state index in [1.807, 2.05) is 18.2 Å². The summed E-state index contributed by atoms with van der Waals surface area (Å²) < 4.78 is 5.13. The Kier molecular flexibility index (Phi) is 4.69. The van der Waals surface area contributed by atoms with Gasteiger partial charge in [-0.3, -0.25) is 4.90 Å². The molecule has 100 valence electrons. The number of benzene rings is 1. The van der Waals surface area contributed by atoms with E-state index < -0.39 is 0 Å². The molecule has 4 nitrogen and oxygen atoms in total. The number of halogens is 1. The number of likely N-dealkylation sites (N-methyl/N-ethyl adjacent to an activating group) is 1. The molecule has 1 saturated heterocycles. The molecule has 2 rings (SSSR count). The van der Waals surface area contributed by atoms with Gasteiger partial charge in [-0.15, -0.1) is 0 Å². The van der Waals surface area contributed by atoms with Crippen LogP contribution in [0, 0.1) is 0 Å². The van der Waals surface area contributed by atoms with Crippen LogP contribution in [0.2, 0.25) is 5.02 Å². The summed E-state index contributed by atoms with van der Waals surface area (Å²) in [7, 11) is 3.80. The molecule has 0 spiro atoms. The topological polar surface area (TPSA) is 36.5 Å². The molecule has 1 heterocycles. The molecule has 1 aliphatic rings. The van der Waals surface area contributed by atoms with E-state index in [1.54, 1.807) is 7.11 Å². The van der Waals surface area contributed by atoms with Crippen molar-refractivity contribution in [3.8, 4) is 5.75 Å². The average Bonchev–Trinajstić information content (AvgIpc) is 2.39. The fourth-order valence-corrected chi connectivity index (χ4v) is 2.32. The highest BCUT2D eigenvalue weighted by Crippen LogP contribution is 2.26. The molecule has 1 aromatic carbocycles. The molecule has 0 radical (unpaired) electrons. The van der Waals surface area contributed by atoms with Crippen LogP contribution in [0.1, 0.15) is 0 Å². The summed E-state index contributed by atoms with van der Waals surface area (Å²) in [5.41, 5.74) is 0.955. The van der Waals surface area contributed by atoms with Crippen molar-refractivity contribution in [1.29, 1.82) is 0 Å². The number of piperazine rings is 1. The van der Waals surface area contributed by atoms with Crippen molar-refractivity contribution in [2.75, 3.05) is 45.7 Å². The van der Waals surface area contributed by atoms with Crippen LogP contribution in [0.4, 0.5) is 5.69 Å². The Morgan fingerprint density at radius 2 is 2.39 bits per heavy atom. The number of nitrogens with zero attached hydrogens (tertiary/aromatic N) is 1. The molecule has 1 aromatic rings. The third-order valence-corrected chi connectivity index (χ3v) is 3.66. The van der Waals surface area contributed by atoms with Crippen molar-refractivity contribution < 1.29 is 4.74 Å². The molecule has 1 fully saturated rings. The van der Waals surface area contributed by atoms with Crippen LogP contribution in [0.25, 0.3) is 0 Å². The Morgan fingerprint density at radius 1 is 1.56 bits per heavy atom. The third-order valence-electron chi connectivity index (χ3n) is 3.35. The summed E-state index contributed by atoms with van der Waals surface area (Å²) in [6.07, 6.45) is 0. The highest BCUT2D eigenvalue weighted by molar-refractivity contribution is 6.33. The van der Waals surface area contributed by atoms with Crippen molar-refractivity contribution in [1.82, 2.24) is 10.2 Å². The highest BCUT2D eigenvalue weighted by atomic mass is 35.5. The quantitative estimate of drug-likeness (QED) is 0.872. The zero-order valence-corrected chi connectivity index (χ0v) is 11.6. The maximum atomic E-state index is 6.19. The van der Waals surface area contributed by atoms with Crippen molar-refractivity contribution in [3.63, 3.8) is 0 Å². The first-order chi connectivity index (χ1) is 8.70. The molecule has 0 amide bonds. The molecule has 18 heavy (non-hydrogen) atoms. The monoisotopic (exact) mass is 269 g/mol. The maximum Gasteiger partial charge on any atom is 0.120 e. The van der Waals surface area contributed by atoms with Gasteiger partial charge in [0.05, 0.1) is 17.8 Å². The number of rotatable bonds is 4. The fourth-order valence-electron chi connectivity index (χ4n) is 2.08. The Labute approximate surface area is 113 Å². The Hall–Kier alpha value is -0.970. The first-order valence-corrected chi connectivity index (χ1v) is 6.57. The van der Waals surface area contributed by atoms with Gasteiger partial charge in [-0.2, -0.15) is 0 Å². The van der Waals surface area contributed by atoms with E-state index in [-0.39, 0.29) is 0 Å². The fraction of sp³-hybridized carbons (Fsp3) is 0.538. The molecule has 1 atom stereocenters. The molecule has 2 N–H and O–H groups in total. The smallest absolute Gasteiger partial charge is 0.120 e. The van der Waals surface area contributed by atoms with Crippen molar-refractivity contribution in [2.45, 2.75) is 6.04 Å². The predicted octanol–water partition coefficient (Wildman–Crippen LogP) is 1.66. The number of hydrogen-bond donors (Lipinski definition) is 2. The Bertz CT molecular complexity index is 400. The zero-order chi connectivity index (χ0) is 13.0. The van der Waals surface area contributed by atoms with Crippen LogP contribution in [0.15, 0.2) is 18.2 Å². The normalized spacial score (nSPS) is 20.7. The van der Waals surface area contributed by atoms with Crippen molar-refractivity contribution in [3.05, 3.63) is 23.2 Å². The van der Waals surface area contributed by atoms with Crippen LogP contribution >= 0.6 is 11.6 Å². The van der Waals surface area contributed by atoms with Gasteiger partial charge in [0.15, 0.2) is 0 Å². The summed E-state index contributed by atoms with van der Waals surface area (Å²) >= 11 is 6.19. The summed E-state index contributed by atoms with van der Waals surface area (Å²) in [5, 5.41) is 7.49. The number of anilines is 1. The van der Waals surface area contributed by atoms with E-state index in [1.165, 1.54) is 0 Å². The predicted molar refractivity (Wildman–Crippen MR) is 75.8 cm³/mol. The van der Waals surface area contributed by atoms with Gasteiger partial charge in [0.1, 0.15) is 5.75 Å². The van der Waals surface area contributed by atoms with Gasteiger partial charge >= 0.3 is 0 Å². The third kappa shape index (κ3) is 3.28. The maximum absolute atomic E-state index is 6.19. The average molecular weight is 270 g/mol. The summed E-state index contributed by atoms with van der Waals surface area (Å²) in [6.45, 7) is 4.05. The number of ether oxygens (including phenoxy) is 1. The van der Waals surface area contributed by atoms with Crippen LogP contribution in [-0.2, 0) is 0 Å². The van der Waals surface area contributed by atoms with E-state index in [4.69, 9.17) is 16.3 Å². The van der Waals surface area contributed by atoms with Gasteiger partial charge in [0.2, 0.25) is 0 Å². The van der Waals surface area contributed by atoms with Crippen molar-refractivity contribution >= 4 is 17.3 Å². The number of methoxy groups -OCH3 is 1. The van der Waals surface area contributed by atoms with Gasteiger partial charge < -0.3 is 15.4 Å². The Morgan fingerprint density at radius 3 is 3.06 bits per heavy atom. The van der Waals surface area contributed by atoms with Crippen LogP contribution in [-0.4, -0.2) is 51.3 Å². The summed E-state index contributed by atoms with van der Waals surface area (Å²) in [6, 6.07) is 6.19. The zero-order valence-electron chi connectivity index (χ0n) is 10.9. The summed E-state index contributed by atoms with van der Waals surface area (Å²) in [4.78, 5) is 2.36. The van der Waals surface area contributed by atoms with E-state index in [2.05, 4.69) is 22.6 Å². The molecule has 0 aromatic heterocycles. The largest absolute Gasteiger partial charge is 0.497 e. The minimum Gasteiger partial charge on any atom is -0.497 e. The minimum atomic E-state index is 0.497. The second kappa shape index (κ2) is 6.27. The molecule has 1 unspecified atom stereocenters. The highest BCUT2D eigenvalue weighted by Gasteiger charge is 2.18. The van der Waals surface area contributed by atoms with Gasteiger partial charge in [0, 0.05) is 38.3 Å². The Balaban J connectivity index is 1.93. The van der Waals surface area contributed by atoms with Crippen LogP contribution < -0.4 is 15.4 Å². The van der Waals surface area contributed by atoms with Crippen molar-refractivity contribution in [2.24, 2.45) is 0 Å². The van der Waals surface area contributed by atoms with Crippen LogP contribution in [0.5, 0.6) is 5.75 Å². The lowest BCUT2D eigenvalue weighted by molar-refractivity contribution is 0.209. The molecule has 0 aliphatic carbocycles. The van der Waals surface area contributed by atoms with Gasteiger partial charge in [-0.25, -0.2) is 0 Å². The molecular weight excluding hydrogens is 250 g/mol. The molecule has 5 heteroatoms. The van der Waals surface area contributed by atoms with E-state index in [0.717, 1.165) is 37.6 Å². The minimum absolute atomic E-state index is 0.497. The lowest BCUT2D eigenvalue weighted by Crippen LogP contribution is -2.52. The first kappa shape index (κ1) is 13.5. The molecule has 1 aliphatic heterocycles. The van der Waals surface area contributed by atoms with E-state index >= 15 is 0 Å². The first-order valence-electron chi connectivity index (χ1n) is 6.19. The lowest BCUT2D eigenvalue weighted by atomic mass is 10.2. The SMILES string of the molecule is COc1ccc(NCC2CNCCN2C)c(Cl)c1. The van der Waals surface area contributed by atoms with E-state index in [0.29, 0.717) is 11.1 Å². The second-order valence-electron chi connectivity index (χ2n) is 4.57. The molecule has 0 bridgehead atoms. The van der Waals surface area contributed by atoms with Gasteiger partial charge in [0.25, 0.3) is 0 Å². The standard InChI is InChI=1S/C13H20ClN3O/c1-17-6-5-15-8-10(17)9-16-13-4-3-11(18-2)7-12(13)14/h3-4,7,10,15-16H,5-6,8-9H2,1-2H3. The van der Waals surface area contributed by atoms with Gasteiger partial charge in [-0.1, -0.05) is 11.6 Å². The molecule has 0 saturated carbocycles. The second-order valence-corrected chi connectivity index (χ2v) is 4.97. The molecular formula is C13H20ClN3O. The van der Waals surface area contributed by atoms with Crippen LogP contribution in [0.3, 0.4) is 0 Å². The lowest BCUT2D eigenvalue weighted by Gasteiger charge is -2.33. The van der Waals surface area contributed by atoms with E-state index in [9.17, 15) is 0 Å². The number of nitrogens with one attached hydrogen (secondary N) is 2. The van der Waals surface area contributed by atoms with Gasteiger partial charge in [-0.05, 0) is 19.2 Å². The number of hydrogen-bond acceptors (Lipinski definition) is 4. The summed E-state index contributed by atoms with van der Waals surface area (Å²) in [5.74, 6) is 0.780.